The summed E-state index contributed by atoms with van der Waals surface area (Å²) in [5.41, 5.74) is 1.08. The van der Waals surface area contributed by atoms with Crippen LogP contribution in [0.1, 0.15) is 36.7 Å². The highest BCUT2D eigenvalue weighted by Gasteiger charge is 2.25. The first-order chi connectivity index (χ1) is 11.0. The Balaban J connectivity index is 1.94. The molecule has 0 aliphatic rings. The van der Waals surface area contributed by atoms with Crippen molar-refractivity contribution in [3.8, 4) is 11.5 Å². The SMILES string of the molecule is Cc1c(Br)c(C(F)F)nn1[C@H](C)c1nnc(-c2ccccc2)o1. The minimum absolute atomic E-state index is 0.294. The molecule has 2 heterocycles. The van der Waals surface area contributed by atoms with Gasteiger partial charge in [-0.15, -0.1) is 10.2 Å². The van der Waals surface area contributed by atoms with Crippen LogP contribution in [0.5, 0.6) is 0 Å². The minimum Gasteiger partial charge on any atom is -0.418 e. The van der Waals surface area contributed by atoms with Gasteiger partial charge in [-0.25, -0.2) is 8.78 Å². The predicted octanol–water partition coefficient (Wildman–Crippen LogP) is 4.55. The number of benzene rings is 1. The second kappa shape index (κ2) is 6.19. The van der Waals surface area contributed by atoms with Gasteiger partial charge in [-0.05, 0) is 41.9 Å². The number of alkyl halides is 2. The van der Waals surface area contributed by atoms with Crippen molar-refractivity contribution in [1.29, 1.82) is 0 Å². The number of rotatable bonds is 4. The molecule has 0 radical (unpaired) electrons. The van der Waals surface area contributed by atoms with Crippen LogP contribution in [0.3, 0.4) is 0 Å². The molecule has 8 heteroatoms. The van der Waals surface area contributed by atoms with Crippen molar-refractivity contribution in [3.63, 3.8) is 0 Å². The van der Waals surface area contributed by atoms with Gasteiger partial charge in [0.15, 0.2) is 0 Å². The summed E-state index contributed by atoms with van der Waals surface area (Å²) in [6, 6.07) is 8.88. The maximum Gasteiger partial charge on any atom is 0.283 e. The Morgan fingerprint density at radius 2 is 1.87 bits per heavy atom. The van der Waals surface area contributed by atoms with E-state index in [1.807, 2.05) is 30.3 Å². The number of nitrogens with zero attached hydrogens (tertiary/aromatic N) is 4. The fourth-order valence-corrected chi connectivity index (χ4v) is 2.68. The third-order valence-electron chi connectivity index (χ3n) is 3.49. The van der Waals surface area contributed by atoms with Gasteiger partial charge < -0.3 is 4.42 Å². The molecule has 0 saturated heterocycles. The summed E-state index contributed by atoms with van der Waals surface area (Å²) >= 11 is 3.15. The van der Waals surface area contributed by atoms with Crippen molar-refractivity contribution in [3.05, 3.63) is 52.1 Å². The summed E-state index contributed by atoms with van der Waals surface area (Å²) in [6.07, 6.45) is -2.65. The Morgan fingerprint density at radius 3 is 2.48 bits per heavy atom. The Bertz CT molecular complexity index is 816. The lowest BCUT2D eigenvalue weighted by atomic mass is 10.2. The fraction of sp³-hybridized carbons (Fsp3) is 0.267. The number of halogens is 3. The minimum atomic E-state index is -2.65. The molecule has 23 heavy (non-hydrogen) atoms. The van der Waals surface area contributed by atoms with Crippen LogP contribution in [0, 0.1) is 6.92 Å². The molecule has 0 amide bonds. The lowest BCUT2D eigenvalue weighted by Gasteiger charge is -2.09. The second-order valence-electron chi connectivity index (χ2n) is 5.02. The first kappa shape index (κ1) is 15.8. The van der Waals surface area contributed by atoms with E-state index in [0.29, 0.717) is 21.9 Å². The fourth-order valence-electron chi connectivity index (χ4n) is 2.24. The van der Waals surface area contributed by atoms with Crippen LogP contribution in [-0.2, 0) is 0 Å². The molecule has 0 N–H and O–H groups in total. The molecular weight excluding hydrogens is 370 g/mol. The molecule has 0 fully saturated rings. The molecule has 3 aromatic rings. The first-order valence-electron chi connectivity index (χ1n) is 6.90. The summed E-state index contributed by atoms with van der Waals surface area (Å²) in [5.74, 6) is 0.688. The van der Waals surface area contributed by atoms with Gasteiger partial charge in [-0.3, -0.25) is 4.68 Å². The van der Waals surface area contributed by atoms with Crippen molar-refractivity contribution in [1.82, 2.24) is 20.0 Å². The normalized spacial score (nSPS) is 12.8. The van der Waals surface area contributed by atoms with E-state index in [1.54, 1.807) is 13.8 Å². The van der Waals surface area contributed by atoms with Crippen molar-refractivity contribution in [2.24, 2.45) is 0 Å². The van der Waals surface area contributed by atoms with Gasteiger partial charge in [0.2, 0.25) is 11.8 Å². The van der Waals surface area contributed by atoms with Gasteiger partial charge >= 0.3 is 0 Å². The molecule has 0 bridgehead atoms. The molecule has 0 aliphatic carbocycles. The molecule has 3 rings (SSSR count). The standard InChI is InChI=1S/C15H13BrF2N4O/c1-8-11(16)12(13(17)18)21-22(8)9(2)14-19-20-15(23-14)10-6-4-3-5-7-10/h3-7,9,13H,1-2H3/t9-/m1/s1. The second-order valence-corrected chi connectivity index (χ2v) is 5.81. The third kappa shape index (κ3) is 2.90. The molecule has 0 unspecified atom stereocenters. The van der Waals surface area contributed by atoms with Gasteiger partial charge in [0.05, 0.1) is 10.2 Å². The van der Waals surface area contributed by atoms with E-state index in [0.717, 1.165) is 5.56 Å². The maximum absolute atomic E-state index is 13.0. The zero-order chi connectivity index (χ0) is 16.6. The quantitative estimate of drug-likeness (QED) is 0.663. The molecule has 1 aromatic carbocycles. The van der Waals surface area contributed by atoms with E-state index in [2.05, 4.69) is 31.2 Å². The monoisotopic (exact) mass is 382 g/mol. The van der Waals surface area contributed by atoms with Crippen LogP contribution >= 0.6 is 15.9 Å². The van der Waals surface area contributed by atoms with Gasteiger partial charge in [-0.2, -0.15) is 5.10 Å². The number of hydrogen-bond acceptors (Lipinski definition) is 4. The van der Waals surface area contributed by atoms with Gasteiger partial charge in [0.1, 0.15) is 11.7 Å². The molecule has 2 aromatic heterocycles. The highest BCUT2D eigenvalue weighted by Crippen LogP contribution is 2.32. The maximum atomic E-state index is 13.0. The zero-order valence-electron chi connectivity index (χ0n) is 12.4. The first-order valence-corrected chi connectivity index (χ1v) is 7.69. The highest BCUT2D eigenvalue weighted by atomic mass is 79.9. The van der Waals surface area contributed by atoms with Crippen molar-refractivity contribution < 1.29 is 13.2 Å². The third-order valence-corrected chi connectivity index (χ3v) is 4.47. The summed E-state index contributed by atoms with van der Waals surface area (Å²) in [4.78, 5) is 0. The summed E-state index contributed by atoms with van der Waals surface area (Å²) in [7, 11) is 0. The Morgan fingerprint density at radius 1 is 1.17 bits per heavy atom. The largest absolute Gasteiger partial charge is 0.418 e. The molecular formula is C15H13BrF2N4O. The van der Waals surface area contributed by atoms with Crippen LogP contribution in [0.25, 0.3) is 11.5 Å². The Labute approximate surface area is 139 Å². The zero-order valence-corrected chi connectivity index (χ0v) is 14.0. The summed E-state index contributed by atoms with van der Waals surface area (Å²) in [6.45, 7) is 3.47. The lowest BCUT2D eigenvalue weighted by Crippen LogP contribution is -2.11. The van der Waals surface area contributed by atoms with Crippen LogP contribution in [0.15, 0.2) is 39.2 Å². The molecule has 1 atom stereocenters. The van der Waals surface area contributed by atoms with Crippen LogP contribution < -0.4 is 0 Å². The summed E-state index contributed by atoms with van der Waals surface area (Å²) in [5, 5.41) is 12.0. The van der Waals surface area contributed by atoms with Crippen molar-refractivity contribution in [2.75, 3.05) is 0 Å². The van der Waals surface area contributed by atoms with Crippen LogP contribution in [0.2, 0.25) is 0 Å². The van der Waals surface area contributed by atoms with Crippen LogP contribution in [0.4, 0.5) is 8.78 Å². The van der Waals surface area contributed by atoms with Crippen LogP contribution in [-0.4, -0.2) is 20.0 Å². The topological polar surface area (TPSA) is 56.7 Å². The predicted molar refractivity (Wildman–Crippen MR) is 83.2 cm³/mol. The number of aromatic nitrogens is 4. The van der Waals surface area contributed by atoms with E-state index < -0.39 is 12.5 Å². The number of hydrogen-bond donors (Lipinski definition) is 0. The molecule has 0 spiro atoms. The molecule has 5 nitrogen and oxygen atoms in total. The highest BCUT2D eigenvalue weighted by molar-refractivity contribution is 9.10. The van der Waals surface area contributed by atoms with Gasteiger partial charge in [-0.1, -0.05) is 18.2 Å². The van der Waals surface area contributed by atoms with E-state index in [1.165, 1.54) is 4.68 Å². The van der Waals surface area contributed by atoms with Gasteiger partial charge in [0, 0.05) is 5.56 Å². The van der Waals surface area contributed by atoms with Crippen molar-refractivity contribution >= 4 is 15.9 Å². The molecule has 0 aliphatic heterocycles. The van der Waals surface area contributed by atoms with E-state index >= 15 is 0 Å². The Kier molecular flexibility index (Phi) is 4.25. The van der Waals surface area contributed by atoms with Crippen molar-refractivity contribution in [2.45, 2.75) is 26.3 Å². The van der Waals surface area contributed by atoms with E-state index in [4.69, 9.17) is 4.42 Å². The molecule has 120 valence electrons. The smallest absolute Gasteiger partial charge is 0.283 e. The average Bonchev–Trinajstić information content (AvgIpc) is 3.14. The Hall–Kier alpha value is -2.09. The van der Waals surface area contributed by atoms with E-state index in [9.17, 15) is 8.78 Å². The average molecular weight is 383 g/mol. The summed E-state index contributed by atoms with van der Waals surface area (Å²) < 4.78 is 33.3. The lowest BCUT2D eigenvalue weighted by molar-refractivity contribution is 0.144. The molecule has 0 saturated carbocycles. The van der Waals surface area contributed by atoms with Gasteiger partial charge in [0.25, 0.3) is 6.43 Å². The van der Waals surface area contributed by atoms with E-state index in [-0.39, 0.29) is 5.69 Å².